The quantitative estimate of drug-likeness (QED) is 0.472. The number of hydrogen-bond acceptors (Lipinski definition) is 0. The SMILES string of the molecule is CC(C/C=C\CCc1ccccc1)[Si](C)(C)C. The molecular formula is C16H26Si. The highest BCUT2D eigenvalue weighted by Gasteiger charge is 2.20. The number of aryl methyl sites for hydroxylation is 1. The van der Waals surface area contributed by atoms with Crippen molar-refractivity contribution < 1.29 is 0 Å². The summed E-state index contributed by atoms with van der Waals surface area (Å²) in [5.41, 5.74) is 2.32. The topological polar surface area (TPSA) is 0 Å². The zero-order valence-electron chi connectivity index (χ0n) is 11.7. The molecule has 17 heavy (non-hydrogen) atoms. The van der Waals surface area contributed by atoms with E-state index < -0.39 is 8.07 Å². The summed E-state index contributed by atoms with van der Waals surface area (Å²) in [6, 6.07) is 10.7. The Morgan fingerprint density at radius 3 is 2.29 bits per heavy atom. The van der Waals surface area contributed by atoms with Crippen LogP contribution in [0.25, 0.3) is 0 Å². The van der Waals surface area contributed by atoms with Crippen molar-refractivity contribution in [3.63, 3.8) is 0 Å². The predicted octanol–water partition coefficient (Wildman–Crippen LogP) is 5.29. The first kappa shape index (κ1) is 14.2. The van der Waals surface area contributed by atoms with E-state index in [1.54, 1.807) is 0 Å². The molecule has 0 bridgehead atoms. The Kier molecular flexibility index (Phi) is 5.70. The van der Waals surface area contributed by atoms with Crippen LogP contribution in [0.3, 0.4) is 0 Å². The van der Waals surface area contributed by atoms with E-state index in [-0.39, 0.29) is 0 Å². The molecule has 1 atom stereocenters. The molecule has 0 fully saturated rings. The first-order valence-electron chi connectivity index (χ1n) is 6.69. The zero-order chi connectivity index (χ0) is 12.7. The average Bonchev–Trinajstić information content (AvgIpc) is 2.28. The first-order valence-corrected chi connectivity index (χ1v) is 10.3. The molecule has 1 heteroatoms. The Bertz CT molecular complexity index is 332. The predicted molar refractivity (Wildman–Crippen MR) is 81.3 cm³/mol. The van der Waals surface area contributed by atoms with E-state index in [0.717, 1.165) is 5.54 Å². The Balaban J connectivity index is 2.23. The monoisotopic (exact) mass is 246 g/mol. The lowest BCUT2D eigenvalue weighted by molar-refractivity contribution is 0.894. The van der Waals surface area contributed by atoms with Crippen LogP contribution in [0.5, 0.6) is 0 Å². The maximum atomic E-state index is 2.45. The van der Waals surface area contributed by atoms with Gasteiger partial charge in [-0.2, -0.15) is 0 Å². The molecule has 0 aromatic heterocycles. The molecule has 0 nitrogen and oxygen atoms in total. The molecule has 0 saturated carbocycles. The Morgan fingerprint density at radius 2 is 1.71 bits per heavy atom. The van der Waals surface area contributed by atoms with Gasteiger partial charge in [-0.3, -0.25) is 0 Å². The largest absolute Gasteiger partial charge is 0.0885 e. The fraction of sp³-hybridized carbons (Fsp3) is 0.500. The van der Waals surface area contributed by atoms with Crippen molar-refractivity contribution in [3.05, 3.63) is 48.0 Å². The molecule has 1 aromatic rings. The summed E-state index contributed by atoms with van der Waals surface area (Å²) in [5.74, 6) is 0. The van der Waals surface area contributed by atoms with Crippen molar-refractivity contribution in [1.29, 1.82) is 0 Å². The van der Waals surface area contributed by atoms with Crippen molar-refractivity contribution in [3.8, 4) is 0 Å². The van der Waals surface area contributed by atoms with Gasteiger partial charge in [-0.05, 0) is 30.4 Å². The van der Waals surface area contributed by atoms with Gasteiger partial charge < -0.3 is 0 Å². The van der Waals surface area contributed by atoms with Gasteiger partial charge >= 0.3 is 0 Å². The number of benzene rings is 1. The maximum absolute atomic E-state index is 2.45. The third-order valence-corrected chi connectivity index (χ3v) is 6.77. The molecule has 0 radical (unpaired) electrons. The van der Waals surface area contributed by atoms with E-state index in [4.69, 9.17) is 0 Å². The normalized spacial score (nSPS) is 14.1. The van der Waals surface area contributed by atoms with Crippen LogP contribution in [-0.2, 0) is 6.42 Å². The van der Waals surface area contributed by atoms with Crippen LogP contribution in [0.4, 0.5) is 0 Å². The van der Waals surface area contributed by atoms with Crippen LogP contribution in [-0.4, -0.2) is 8.07 Å². The summed E-state index contributed by atoms with van der Waals surface area (Å²) < 4.78 is 0. The number of allylic oxidation sites excluding steroid dienone is 2. The highest BCUT2D eigenvalue weighted by molar-refractivity contribution is 6.77. The van der Waals surface area contributed by atoms with Crippen LogP contribution < -0.4 is 0 Å². The third-order valence-electron chi connectivity index (χ3n) is 3.58. The van der Waals surface area contributed by atoms with Gasteiger partial charge in [0.2, 0.25) is 0 Å². The summed E-state index contributed by atoms with van der Waals surface area (Å²) in [7, 11) is -0.936. The molecule has 1 rings (SSSR count). The van der Waals surface area contributed by atoms with Gasteiger partial charge in [-0.25, -0.2) is 0 Å². The third kappa shape index (κ3) is 5.88. The van der Waals surface area contributed by atoms with E-state index >= 15 is 0 Å². The molecule has 0 amide bonds. The summed E-state index contributed by atoms with van der Waals surface area (Å²) in [5, 5.41) is 0. The van der Waals surface area contributed by atoms with Crippen LogP contribution in [0.2, 0.25) is 25.2 Å². The van der Waals surface area contributed by atoms with Crippen LogP contribution in [0.15, 0.2) is 42.5 Å². The summed E-state index contributed by atoms with van der Waals surface area (Å²) in [6.45, 7) is 9.76. The molecule has 0 N–H and O–H groups in total. The van der Waals surface area contributed by atoms with Crippen molar-refractivity contribution in [1.82, 2.24) is 0 Å². The van der Waals surface area contributed by atoms with Crippen LogP contribution in [0.1, 0.15) is 25.3 Å². The second-order valence-electron chi connectivity index (χ2n) is 6.00. The van der Waals surface area contributed by atoms with Crippen molar-refractivity contribution >= 4 is 8.07 Å². The minimum absolute atomic E-state index is 0.885. The molecular weight excluding hydrogens is 220 g/mol. The van der Waals surface area contributed by atoms with Crippen LogP contribution >= 0.6 is 0 Å². The Morgan fingerprint density at radius 1 is 1.06 bits per heavy atom. The van der Waals surface area contributed by atoms with E-state index in [1.807, 2.05) is 0 Å². The fourth-order valence-electron chi connectivity index (χ4n) is 1.67. The molecule has 0 spiro atoms. The molecule has 0 aliphatic heterocycles. The maximum Gasteiger partial charge on any atom is 0.0474 e. The molecule has 0 aliphatic rings. The fourth-order valence-corrected chi connectivity index (χ4v) is 2.51. The lowest BCUT2D eigenvalue weighted by Gasteiger charge is -2.23. The van der Waals surface area contributed by atoms with E-state index in [9.17, 15) is 0 Å². The van der Waals surface area contributed by atoms with Crippen molar-refractivity contribution in [2.45, 2.75) is 51.4 Å². The minimum Gasteiger partial charge on any atom is -0.0885 e. The highest BCUT2D eigenvalue weighted by Crippen LogP contribution is 2.24. The van der Waals surface area contributed by atoms with E-state index in [2.05, 4.69) is 69.0 Å². The smallest absolute Gasteiger partial charge is 0.0474 e. The summed E-state index contributed by atoms with van der Waals surface area (Å²) in [4.78, 5) is 0. The second-order valence-corrected chi connectivity index (χ2v) is 11.7. The Labute approximate surface area is 108 Å². The molecule has 1 unspecified atom stereocenters. The first-order chi connectivity index (χ1) is 8.00. The second kappa shape index (κ2) is 6.80. The van der Waals surface area contributed by atoms with Gasteiger partial charge in [-0.15, -0.1) is 0 Å². The van der Waals surface area contributed by atoms with Gasteiger partial charge in [0.1, 0.15) is 0 Å². The molecule has 0 aliphatic carbocycles. The lowest BCUT2D eigenvalue weighted by Crippen LogP contribution is -2.25. The number of hydrogen-bond donors (Lipinski definition) is 0. The highest BCUT2D eigenvalue weighted by atomic mass is 28.3. The average molecular weight is 246 g/mol. The van der Waals surface area contributed by atoms with Gasteiger partial charge in [0.25, 0.3) is 0 Å². The van der Waals surface area contributed by atoms with E-state index in [0.29, 0.717) is 0 Å². The molecule has 94 valence electrons. The standard InChI is InChI=1S/C16H26Si/c1-15(17(2,3)4)11-7-5-8-12-16-13-9-6-10-14-16/h5-7,9-10,13-15H,8,11-12H2,1-4H3/b7-5-. The van der Waals surface area contributed by atoms with Gasteiger partial charge in [-0.1, -0.05) is 69.0 Å². The Hall–Kier alpha value is -0.823. The van der Waals surface area contributed by atoms with E-state index in [1.165, 1.54) is 24.8 Å². The van der Waals surface area contributed by atoms with Gasteiger partial charge in [0.15, 0.2) is 0 Å². The minimum atomic E-state index is -0.936. The van der Waals surface area contributed by atoms with Crippen LogP contribution in [0, 0.1) is 0 Å². The number of rotatable bonds is 6. The van der Waals surface area contributed by atoms with Crippen molar-refractivity contribution in [2.24, 2.45) is 0 Å². The zero-order valence-corrected chi connectivity index (χ0v) is 12.7. The summed E-state index contributed by atoms with van der Waals surface area (Å²) >= 11 is 0. The summed E-state index contributed by atoms with van der Waals surface area (Å²) in [6.07, 6.45) is 8.32. The van der Waals surface area contributed by atoms with Gasteiger partial charge in [0.05, 0.1) is 0 Å². The lowest BCUT2D eigenvalue weighted by atomic mass is 10.1. The molecule has 0 saturated heterocycles. The van der Waals surface area contributed by atoms with Crippen molar-refractivity contribution in [2.75, 3.05) is 0 Å². The molecule has 0 heterocycles. The molecule has 1 aromatic carbocycles. The van der Waals surface area contributed by atoms with Gasteiger partial charge in [0, 0.05) is 8.07 Å².